The summed E-state index contributed by atoms with van der Waals surface area (Å²) >= 11 is 0. The van der Waals surface area contributed by atoms with E-state index >= 15 is 0 Å². The average molecular weight is 194 g/mol. The van der Waals surface area contributed by atoms with Crippen LogP contribution < -0.4 is 0 Å². The zero-order valence-corrected chi connectivity index (χ0v) is 8.32. The number of hydrogen-bond acceptors (Lipinski definition) is 3. The Hall–Kier alpha value is -1.19. The van der Waals surface area contributed by atoms with Crippen LogP contribution in [0.4, 0.5) is 0 Å². The zero-order chi connectivity index (χ0) is 10.1. The van der Waals surface area contributed by atoms with Gasteiger partial charge in [0.2, 0.25) is 0 Å². The lowest BCUT2D eigenvalue weighted by Crippen LogP contribution is -2.41. The van der Waals surface area contributed by atoms with Crippen LogP contribution in [0, 0.1) is 5.92 Å². The smallest absolute Gasteiger partial charge is 0.269 e. The Morgan fingerprint density at radius 3 is 2.36 bits per heavy atom. The summed E-state index contributed by atoms with van der Waals surface area (Å²) in [5, 5.41) is 0. The van der Waals surface area contributed by atoms with Gasteiger partial charge in [0.1, 0.15) is 11.5 Å². The molecule has 0 spiro atoms. The molecule has 0 aromatic heterocycles. The van der Waals surface area contributed by atoms with Gasteiger partial charge in [0.15, 0.2) is 0 Å². The zero-order valence-electron chi connectivity index (χ0n) is 8.32. The van der Waals surface area contributed by atoms with E-state index in [1.165, 1.54) is 0 Å². The summed E-state index contributed by atoms with van der Waals surface area (Å²) in [5.41, 5.74) is 0.700. The highest BCUT2D eigenvalue weighted by atomic mass is 16.2. The number of piperidine rings is 1. The molecule has 4 heteroatoms. The molecule has 0 bridgehead atoms. The third kappa shape index (κ3) is 1.84. The van der Waals surface area contributed by atoms with Gasteiger partial charge in [-0.1, -0.05) is 0 Å². The number of nitrogens with zero attached hydrogens (tertiary/aromatic N) is 2. The molecule has 2 aliphatic rings. The molecule has 0 unspecified atom stereocenters. The highest BCUT2D eigenvalue weighted by Gasteiger charge is 2.30. The van der Waals surface area contributed by atoms with E-state index in [9.17, 15) is 9.59 Å². The maximum absolute atomic E-state index is 11.5. The van der Waals surface area contributed by atoms with E-state index in [4.69, 9.17) is 0 Å². The van der Waals surface area contributed by atoms with Gasteiger partial charge in [0, 0.05) is 19.0 Å². The summed E-state index contributed by atoms with van der Waals surface area (Å²) in [6.45, 7) is 3.67. The molecule has 2 heterocycles. The van der Waals surface area contributed by atoms with Crippen LogP contribution in [0.5, 0.6) is 0 Å². The van der Waals surface area contributed by atoms with Crippen molar-refractivity contribution in [3.63, 3.8) is 0 Å². The number of Topliss-reactive ketones (excluding diaryl/α,β-unsaturated/α-hetero) is 1. The second kappa shape index (κ2) is 3.52. The molecule has 2 aliphatic heterocycles. The molecule has 76 valence electrons. The summed E-state index contributed by atoms with van der Waals surface area (Å²) in [6.07, 6.45) is 1.63. The quantitative estimate of drug-likeness (QED) is 0.633. The van der Waals surface area contributed by atoms with Gasteiger partial charge in [0.05, 0.1) is 6.54 Å². The number of amides is 1. The number of carbonyl (C=O) groups excluding carboxylic acids is 2. The van der Waals surface area contributed by atoms with Crippen molar-refractivity contribution in [2.75, 3.05) is 19.6 Å². The van der Waals surface area contributed by atoms with E-state index in [-0.39, 0.29) is 17.6 Å². The summed E-state index contributed by atoms with van der Waals surface area (Å²) in [7, 11) is 0. The van der Waals surface area contributed by atoms with Crippen molar-refractivity contribution < 1.29 is 9.59 Å². The van der Waals surface area contributed by atoms with Gasteiger partial charge in [-0.2, -0.15) is 0 Å². The lowest BCUT2D eigenvalue weighted by molar-refractivity contribution is -0.128. The molecule has 0 aromatic carbocycles. The molecule has 2 rings (SSSR count). The number of rotatable bonds is 2. The molecule has 0 N–H and O–H groups in total. The minimum absolute atomic E-state index is 0.0759. The lowest BCUT2D eigenvalue weighted by atomic mass is 9.93. The van der Waals surface area contributed by atoms with Gasteiger partial charge in [-0.15, -0.1) is 0 Å². The molecular weight excluding hydrogens is 180 g/mol. The van der Waals surface area contributed by atoms with Crippen LogP contribution in [0.25, 0.3) is 0 Å². The third-order valence-corrected chi connectivity index (χ3v) is 2.92. The highest BCUT2D eigenvalue weighted by molar-refractivity contribution is 6.44. The molecule has 0 aliphatic carbocycles. The molecule has 0 saturated carbocycles. The van der Waals surface area contributed by atoms with E-state index in [1.54, 1.807) is 6.92 Å². The van der Waals surface area contributed by atoms with Gasteiger partial charge in [-0.3, -0.25) is 14.6 Å². The van der Waals surface area contributed by atoms with Crippen molar-refractivity contribution in [2.24, 2.45) is 10.9 Å². The predicted octanol–water partition coefficient (Wildman–Crippen LogP) is 0.269. The first kappa shape index (κ1) is 9.37. The maximum Gasteiger partial charge on any atom is 0.269 e. The molecule has 1 amide bonds. The highest BCUT2D eigenvalue weighted by Crippen LogP contribution is 2.19. The minimum Gasteiger partial charge on any atom is -0.338 e. The Bertz CT molecular complexity index is 301. The maximum atomic E-state index is 11.5. The van der Waals surface area contributed by atoms with E-state index in [0.717, 1.165) is 12.8 Å². The number of likely N-dealkylation sites (tertiary alicyclic amines) is 1. The van der Waals surface area contributed by atoms with Gasteiger partial charge in [-0.05, 0) is 19.8 Å². The Morgan fingerprint density at radius 2 is 1.93 bits per heavy atom. The second-order valence-corrected chi connectivity index (χ2v) is 3.94. The molecule has 1 saturated heterocycles. The van der Waals surface area contributed by atoms with Crippen LogP contribution in [0.1, 0.15) is 19.8 Å². The first-order valence-electron chi connectivity index (χ1n) is 5.01. The molecule has 0 atom stereocenters. The monoisotopic (exact) mass is 194 g/mol. The average Bonchev–Trinajstić information content (AvgIpc) is 3.00. The number of ketones is 1. The van der Waals surface area contributed by atoms with E-state index in [2.05, 4.69) is 4.99 Å². The summed E-state index contributed by atoms with van der Waals surface area (Å²) in [4.78, 5) is 28.3. The number of hydrogen-bond donors (Lipinski definition) is 0. The Labute approximate surface area is 83.0 Å². The fraction of sp³-hybridized carbons (Fsp3) is 0.700. The SMILES string of the molecule is CC(=O)C1CCN(C(=O)C2=NC2)CC1. The van der Waals surface area contributed by atoms with Crippen LogP contribution in [0.3, 0.4) is 0 Å². The Kier molecular flexibility index (Phi) is 2.35. The standard InChI is InChI=1S/C10H14N2O2/c1-7(13)8-2-4-12(5-3-8)10(14)9-6-11-9/h8H,2-6H2,1H3. The van der Waals surface area contributed by atoms with Crippen LogP contribution >= 0.6 is 0 Å². The van der Waals surface area contributed by atoms with Crippen molar-refractivity contribution in [2.45, 2.75) is 19.8 Å². The van der Waals surface area contributed by atoms with E-state index in [1.807, 2.05) is 4.90 Å². The molecule has 0 radical (unpaired) electrons. The minimum atomic E-state index is 0.0759. The fourth-order valence-electron chi connectivity index (χ4n) is 1.85. The molecule has 4 nitrogen and oxygen atoms in total. The number of carbonyl (C=O) groups is 2. The van der Waals surface area contributed by atoms with Crippen molar-refractivity contribution in [1.29, 1.82) is 0 Å². The van der Waals surface area contributed by atoms with Gasteiger partial charge in [-0.25, -0.2) is 0 Å². The molecule has 0 aromatic rings. The largest absolute Gasteiger partial charge is 0.338 e. The summed E-state index contributed by atoms with van der Waals surface area (Å²) < 4.78 is 0. The van der Waals surface area contributed by atoms with Crippen LogP contribution in [-0.4, -0.2) is 41.9 Å². The van der Waals surface area contributed by atoms with E-state index in [0.29, 0.717) is 25.3 Å². The van der Waals surface area contributed by atoms with E-state index < -0.39 is 0 Å². The van der Waals surface area contributed by atoms with Gasteiger partial charge >= 0.3 is 0 Å². The van der Waals surface area contributed by atoms with Gasteiger partial charge < -0.3 is 4.90 Å². The summed E-state index contributed by atoms with van der Waals surface area (Å²) in [6, 6.07) is 0. The summed E-state index contributed by atoms with van der Waals surface area (Å²) in [5.74, 6) is 0.494. The fourth-order valence-corrected chi connectivity index (χ4v) is 1.85. The second-order valence-electron chi connectivity index (χ2n) is 3.94. The van der Waals surface area contributed by atoms with Crippen molar-refractivity contribution in [3.8, 4) is 0 Å². The predicted molar refractivity (Wildman–Crippen MR) is 52.3 cm³/mol. The normalized spacial score (nSPS) is 21.8. The lowest BCUT2D eigenvalue weighted by Gasteiger charge is -2.29. The first-order chi connectivity index (χ1) is 6.68. The van der Waals surface area contributed by atoms with Gasteiger partial charge in [0.25, 0.3) is 5.91 Å². The van der Waals surface area contributed by atoms with Crippen molar-refractivity contribution in [3.05, 3.63) is 0 Å². The molecular formula is C10H14N2O2. The Morgan fingerprint density at radius 1 is 1.36 bits per heavy atom. The van der Waals surface area contributed by atoms with Crippen LogP contribution in [0.2, 0.25) is 0 Å². The molecule has 1 fully saturated rings. The Balaban J connectivity index is 1.86. The van der Waals surface area contributed by atoms with Crippen molar-refractivity contribution >= 4 is 17.4 Å². The van der Waals surface area contributed by atoms with Crippen LogP contribution in [0.15, 0.2) is 4.99 Å². The third-order valence-electron chi connectivity index (χ3n) is 2.92. The first-order valence-corrected chi connectivity index (χ1v) is 5.01. The molecule has 14 heavy (non-hydrogen) atoms. The topological polar surface area (TPSA) is 49.7 Å². The van der Waals surface area contributed by atoms with Crippen molar-refractivity contribution in [1.82, 2.24) is 4.90 Å². The van der Waals surface area contributed by atoms with Crippen LogP contribution in [-0.2, 0) is 9.59 Å². The number of aliphatic imine (C=N–C) groups is 1.